The van der Waals surface area contributed by atoms with Crippen molar-refractivity contribution in [2.75, 3.05) is 0 Å². The van der Waals surface area contributed by atoms with Crippen LogP contribution in [0, 0.1) is 13.8 Å². The van der Waals surface area contributed by atoms with E-state index in [-0.39, 0.29) is 24.8 Å². The summed E-state index contributed by atoms with van der Waals surface area (Å²) in [5.74, 6) is 0. The summed E-state index contributed by atoms with van der Waals surface area (Å²) in [7, 11) is 0. The number of benzene rings is 4. The van der Waals surface area contributed by atoms with Gasteiger partial charge in [-0.25, -0.2) is 0 Å². The topological polar surface area (TPSA) is 0 Å². The Labute approximate surface area is 312 Å². The Balaban J connectivity index is 0.00000270. The standard InChI is InChI=1S/C21H23.C20H21.2C2H5.2ClH.H2Si.Zr/c1-4-6-17-7-9-18(10-8-17)20-12-15(3)11-19-13-16(5-2)14-21(19)20;1-4-5-16-6-8-17(9-7-16)19-12-14(2)10-18-11-15(3)13-20(18)19;2*1-2;;;;/h7-14H,4-6H2,1-3H3;6-13H,4-5H2,1-3H3;2*1H2,2H3;2*1H;1H2;. The van der Waals surface area contributed by atoms with Crippen molar-refractivity contribution in [3.05, 3.63) is 128 Å². The second kappa shape index (κ2) is 15.7. The first-order valence-corrected chi connectivity index (χ1v) is 30.7. The van der Waals surface area contributed by atoms with Crippen LogP contribution in [0.3, 0.4) is 0 Å². The van der Waals surface area contributed by atoms with E-state index in [1.165, 1.54) is 76.7 Å². The second-order valence-corrected chi connectivity index (χ2v) is 42.8. The van der Waals surface area contributed by atoms with Gasteiger partial charge in [0.05, 0.1) is 0 Å². The Morgan fingerprint density at radius 3 is 1.41 bits per heavy atom. The monoisotopic (exact) mass is 786 g/mol. The van der Waals surface area contributed by atoms with Crippen LogP contribution in [0.1, 0.15) is 113 Å². The Morgan fingerprint density at radius 1 is 0.571 bits per heavy atom. The van der Waals surface area contributed by atoms with Gasteiger partial charge in [0.1, 0.15) is 0 Å². The van der Waals surface area contributed by atoms with Gasteiger partial charge in [0.15, 0.2) is 0 Å². The van der Waals surface area contributed by atoms with Crippen molar-refractivity contribution in [2.45, 2.75) is 103 Å². The molecule has 0 N–H and O–H groups in total. The van der Waals surface area contributed by atoms with Gasteiger partial charge >= 0.3 is 290 Å². The van der Waals surface area contributed by atoms with Gasteiger partial charge in [-0.1, -0.05) is 0 Å². The number of fused-ring (bicyclic) bond motifs is 2. The molecule has 0 bridgehead atoms. The molecule has 2 aliphatic rings. The van der Waals surface area contributed by atoms with Gasteiger partial charge in [0, 0.05) is 0 Å². The number of hydrogen-bond donors (Lipinski definition) is 0. The van der Waals surface area contributed by atoms with Crippen LogP contribution in [0.4, 0.5) is 0 Å². The molecule has 0 radical (unpaired) electrons. The van der Waals surface area contributed by atoms with Crippen molar-refractivity contribution < 1.29 is 17.4 Å². The average Bonchev–Trinajstić information content (AvgIpc) is 3.63. The molecule has 49 heavy (non-hydrogen) atoms. The fourth-order valence-corrected chi connectivity index (χ4v) is 33.5. The zero-order valence-electron chi connectivity index (χ0n) is 31.2. The van der Waals surface area contributed by atoms with Crippen LogP contribution in [-0.2, 0) is 30.2 Å². The summed E-state index contributed by atoms with van der Waals surface area (Å²) in [6.45, 7) is 21.8. The zero-order valence-corrected chi connectivity index (χ0v) is 36.7. The van der Waals surface area contributed by atoms with Crippen molar-refractivity contribution in [3.8, 4) is 22.3 Å². The SMILES string of the molecule is CCCc1ccc(-c2cc(C)cc3c2C=C(C)[CH]3[Zr](=[SiH2])([CH2]C)([CH2]C)[CH]2C(CC)=Cc3c(-c4ccc(CCC)cc4)cc(C)cc32)cc1.Cl.Cl. The van der Waals surface area contributed by atoms with Crippen molar-refractivity contribution >= 4 is 43.8 Å². The number of allylic oxidation sites excluding steroid dienone is 2. The normalized spacial score (nSPS) is 16.7. The van der Waals surface area contributed by atoms with E-state index in [1.54, 1.807) is 22.3 Å². The Hall–Kier alpha value is -1.96. The molecule has 6 rings (SSSR count). The third-order valence-electron chi connectivity index (χ3n) is 12.3. The van der Waals surface area contributed by atoms with Crippen LogP contribution >= 0.6 is 24.8 Å². The quantitative estimate of drug-likeness (QED) is 0.133. The molecule has 0 saturated heterocycles. The van der Waals surface area contributed by atoms with E-state index >= 15 is 0 Å². The first-order chi connectivity index (χ1) is 22.6. The van der Waals surface area contributed by atoms with E-state index in [4.69, 9.17) is 0 Å². The molecular formula is C45H58Cl2SiZr. The van der Waals surface area contributed by atoms with Gasteiger partial charge in [-0.15, -0.1) is 24.8 Å². The Morgan fingerprint density at radius 2 is 1.00 bits per heavy atom. The maximum absolute atomic E-state index is 3.76. The fraction of sp³-hybridized carbons (Fsp3) is 0.378. The van der Waals surface area contributed by atoms with Gasteiger partial charge in [-0.05, 0) is 0 Å². The first kappa shape index (κ1) is 39.8. The predicted octanol–water partition coefficient (Wildman–Crippen LogP) is 13.5. The average molecular weight is 789 g/mol. The van der Waals surface area contributed by atoms with E-state index < -0.39 is 17.4 Å². The van der Waals surface area contributed by atoms with E-state index in [2.05, 4.69) is 147 Å². The van der Waals surface area contributed by atoms with E-state index in [1.807, 2.05) is 0 Å². The smallest absolute Gasteiger partial charge is 0.147 e. The van der Waals surface area contributed by atoms with Gasteiger partial charge in [-0.2, -0.15) is 0 Å². The third kappa shape index (κ3) is 6.87. The van der Waals surface area contributed by atoms with Gasteiger partial charge in [0.2, 0.25) is 0 Å². The number of aryl methyl sites for hydroxylation is 4. The minimum absolute atomic E-state index is 0. The molecule has 2 atom stereocenters. The Kier molecular flexibility index (Phi) is 12.8. The Bertz CT molecular complexity index is 1940. The van der Waals surface area contributed by atoms with Crippen molar-refractivity contribution in [1.82, 2.24) is 0 Å². The van der Waals surface area contributed by atoms with Gasteiger partial charge in [-0.3, -0.25) is 0 Å². The molecule has 4 aromatic carbocycles. The summed E-state index contributed by atoms with van der Waals surface area (Å²) < 4.78 is 3.79. The van der Waals surface area contributed by atoms with Crippen molar-refractivity contribution in [2.24, 2.45) is 0 Å². The van der Waals surface area contributed by atoms with E-state index in [9.17, 15) is 0 Å². The molecular weight excluding hydrogens is 731 g/mol. The van der Waals surface area contributed by atoms with E-state index in [0.29, 0.717) is 7.25 Å². The van der Waals surface area contributed by atoms with Crippen LogP contribution in [0.5, 0.6) is 0 Å². The largest absolute Gasteiger partial charge is 0.147 e. The summed E-state index contributed by atoms with van der Waals surface area (Å²) >= 11 is -3.76. The van der Waals surface area contributed by atoms with Crippen LogP contribution < -0.4 is 0 Å². The molecule has 0 aliphatic heterocycles. The number of rotatable bonds is 11. The number of halogens is 2. The molecule has 0 amide bonds. The minimum Gasteiger partial charge on any atom is -0.147 e. The summed E-state index contributed by atoms with van der Waals surface area (Å²) in [4.78, 5) is 0. The van der Waals surface area contributed by atoms with E-state index in [0.717, 1.165) is 19.3 Å². The van der Waals surface area contributed by atoms with Gasteiger partial charge < -0.3 is 0 Å². The third-order valence-corrected chi connectivity index (χ3v) is 43.1. The second-order valence-electron chi connectivity index (χ2n) is 15.2. The zero-order chi connectivity index (χ0) is 33.5. The predicted molar refractivity (Wildman–Crippen MR) is 223 cm³/mol. The molecule has 0 aromatic heterocycles. The van der Waals surface area contributed by atoms with Crippen LogP contribution in [0.15, 0.2) is 83.9 Å². The molecule has 260 valence electrons. The van der Waals surface area contributed by atoms with Crippen molar-refractivity contribution in [3.63, 3.8) is 0 Å². The maximum Gasteiger partial charge on any atom is -0.147 e. The molecule has 0 spiro atoms. The summed E-state index contributed by atoms with van der Waals surface area (Å²) in [5.41, 5.74) is 20.8. The van der Waals surface area contributed by atoms with Crippen LogP contribution in [-0.4, -0.2) is 6.88 Å². The molecule has 4 aromatic rings. The van der Waals surface area contributed by atoms with Crippen LogP contribution in [0.25, 0.3) is 34.4 Å². The number of hydrogen-bond acceptors (Lipinski definition) is 0. The van der Waals surface area contributed by atoms with Crippen LogP contribution in [0.2, 0.25) is 8.26 Å². The van der Waals surface area contributed by atoms with Crippen molar-refractivity contribution in [1.29, 1.82) is 0 Å². The minimum atomic E-state index is -3.76. The summed E-state index contributed by atoms with van der Waals surface area (Å²) in [6.07, 6.45) is 11.1. The molecule has 0 heterocycles. The molecule has 0 saturated carbocycles. The molecule has 4 heteroatoms. The molecule has 2 unspecified atom stereocenters. The summed E-state index contributed by atoms with van der Waals surface area (Å²) in [5, 5.41) is 0. The molecule has 0 fully saturated rings. The molecule has 0 nitrogen and oxygen atoms in total. The molecule has 2 aliphatic carbocycles. The fourth-order valence-electron chi connectivity index (χ4n) is 9.73. The maximum atomic E-state index is 2.65. The summed E-state index contributed by atoms with van der Waals surface area (Å²) in [6, 6.07) is 29.0. The van der Waals surface area contributed by atoms with Gasteiger partial charge in [0.25, 0.3) is 0 Å². The first-order valence-electron chi connectivity index (χ1n) is 18.5.